The van der Waals surface area contributed by atoms with Gasteiger partial charge in [-0.1, -0.05) is 0 Å². The summed E-state index contributed by atoms with van der Waals surface area (Å²) < 4.78 is 12.2. The summed E-state index contributed by atoms with van der Waals surface area (Å²) in [7, 11) is 3.34. The molecule has 0 saturated heterocycles. The molecule has 0 fully saturated rings. The number of carbonyl (C=O) groups excluding carboxylic acids is 2. The summed E-state index contributed by atoms with van der Waals surface area (Å²) in [5.74, 6) is 1.17. The van der Waals surface area contributed by atoms with Crippen molar-refractivity contribution in [2.45, 2.75) is 0 Å². The molecule has 1 aromatic heterocycles. The lowest BCUT2D eigenvalue weighted by atomic mass is 10.1. The highest BCUT2D eigenvalue weighted by Crippen LogP contribution is 2.17. The fraction of sp³-hybridized carbons (Fsp3) is 0.150. The van der Waals surface area contributed by atoms with Crippen molar-refractivity contribution in [1.82, 2.24) is 9.55 Å². The molecule has 0 aliphatic rings. The van der Waals surface area contributed by atoms with Crippen molar-refractivity contribution in [3.8, 4) is 11.5 Å². The summed E-state index contributed by atoms with van der Waals surface area (Å²) in [6.07, 6.45) is 3.29. The monoisotopic (exact) mass is 365 g/mol. The Labute approximate surface area is 156 Å². The summed E-state index contributed by atoms with van der Waals surface area (Å²) in [5, 5.41) is 2.73. The zero-order chi connectivity index (χ0) is 19.2. The van der Waals surface area contributed by atoms with Crippen molar-refractivity contribution in [1.29, 1.82) is 0 Å². The lowest BCUT2D eigenvalue weighted by molar-refractivity contribution is -0.118. The van der Waals surface area contributed by atoms with Crippen LogP contribution < -0.4 is 14.8 Å². The first kappa shape index (κ1) is 18.2. The van der Waals surface area contributed by atoms with E-state index in [0.29, 0.717) is 28.6 Å². The predicted molar refractivity (Wildman–Crippen MR) is 100 cm³/mol. The van der Waals surface area contributed by atoms with Crippen LogP contribution in [0.25, 0.3) is 0 Å². The molecule has 7 heteroatoms. The highest BCUT2D eigenvalue weighted by molar-refractivity contribution is 6.07. The number of ketones is 1. The Balaban J connectivity index is 1.55. The van der Waals surface area contributed by atoms with Crippen LogP contribution in [0.2, 0.25) is 0 Å². The van der Waals surface area contributed by atoms with Crippen LogP contribution in [0.3, 0.4) is 0 Å². The normalized spacial score (nSPS) is 10.3. The molecule has 3 rings (SSSR count). The van der Waals surface area contributed by atoms with E-state index in [1.54, 1.807) is 79.6 Å². The van der Waals surface area contributed by atoms with Gasteiger partial charge in [0.15, 0.2) is 12.4 Å². The Morgan fingerprint density at radius 1 is 1.04 bits per heavy atom. The molecule has 27 heavy (non-hydrogen) atoms. The van der Waals surface area contributed by atoms with E-state index in [1.165, 1.54) is 0 Å². The first-order valence-electron chi connectivity index (χ1n) is 8.25. The number of aromatic nitrogens is 2. The van der Waals surface area contributed by atoms with Gasteiger partial charge >= 0.3 is 0 Å². The van der Waals surface area contributed by atoms with Gasteiger partial charge in [0.05, 0.1) is 7.11 Å². The van der Waals surface area contributed by atoms with E-state index in [2.05, 4.69) is 10.3 Å². The Kier molecular flexibility index (Phi) is 5.51. The highest BCUT2D eigenvalue weighted by Gasteiger charge is 2.13. The van der Waals surface area contributed by atoms with Crippen molar-refractivity contribution in [3.63, 3.8) is 0 Å². The van der Waals surface area contributed by atoms with E-state index >= 15 is 0 Å². The number of nitrogens with zero attached hydrogens (tertiary/aromatic N) is 2. The minimum atomic E-state index is -0.297. The number of aryl methyl sites for hydroxylation is 1. The lowest BCUT2D eigenvalue weighted by Gasteiger charge is -2.09. The Morgan fingerprint density at radius 2 is 1.70 bits per heavy atom. The van der Waals surface area contributed by atoms with E-state index in [9.17, 15) is 9.59 Å². The third-order valence-electron chi connectivity index (χ3n) is 3.88. The van der Waals surface area contributed by atoms with Gasteiger partial charge < -0.3 is 19.4 Å². The van der Waals surface area contributed by atoms with Crippen molar-refractivity contribution in [2.75, 3.05) is 19.0 Å². The SMILES string of the molecule is COc1ccc(OCC(=O)Nc2ccc(C(=O)c3nccn3C)cc2)cc1. The van der Waals surface area contributed by atoms with Crippen molar-refractivity contribution < 1.29 is 19.1 Å². The number of benzene rings is 2. The summed E-state index contributed by atoms with van der Waals surface area (Å²) in [5.41, 5.74) is 1.08. The average Bonchev–Trinajstić information content (AvgIpc) is 3.12. The smallest absolute Gasteiger partial charge is 0.262 e. The van der Waals surface area contributed by atoms with Gasteiger partial charge in [0.2, 0.25) is 5.78 Å². The van der Waals surface area contributed by atoms with E-state index in [1.807, 2.05) is 0 Å². The molecule has 1 heterocycles. The number of hydrogen-bond donors (Lipinski definition) is 1. The van der Waals surface area contributed by atoms with Crippen LogP contribution in [0.5, 0.6) is 11.5 Å². The van der Waals surface area contributed by atoms with E-state index < -0.39 is 0 Å². The molecular weight excluding hydrogens is 346 g/mol. The third kappa shape index (κ3) is 4.52. The van der Waals surface area contributed by atoms with Gasteiger partial charge in [-0.25, -0.2) is 4.98 Å². The number of carbonyl (C=O) groups is 2. The molecular formula is C20H19N3O4. The number of nitrogens with one attached hydrogen (secondary N) is 1. The van der Waals surface area contributed by atoms with Gasteiger partial charge in [0, 0.05) is 30.7 Å². The van der Waals surface area contributed by atoms with Crippen LogP contribution >= 0.6 is 0 Å². The number of imidazole rings is 1. The van der Waals surface area contributed by atoms with Gasteiger partial charge in [0.1, 0.15) is 11.5 Å². The molecule has 0 spiro atoms. The molecule has 0 bridgehead atoms. The van der Waals surface area contributed by atoms with E-state index in [0.717, 1.165) is 0 Å². The van der Waals surface area contributed by atoms with Crippen LogP contribution in [0, 0.1) is 0 Å². The predicted octanol–water partition coefficient (Wildman–Crippen LogP) is 2.68. The quantitative estimate of drug-likeness (QED) is 0.651. The number of amides is 1. The second kappa shape index (κ2) is 8.18. The molecule has 0 atom stereocenters. The molecule has 1 amide bonds. The fourth-order valence-corrected chi connectivity index (χ4v) is 2.44. The molecule has 0 aliphatic heterocycles. The highest BCUT2D eigenvalue weighted by atomic mass is 16.5. The summed E-state index contributed by atoms with van der Waals surface area (Å²) in [6, 6.07) is 13.6. The summed E-state index contributed by atoms with van der Waals surface area (Å²) in [6.45, 7) is -0.125. The van der Waals surface area contributed by atoms with Crippen LogP contribution in [-0.2, 0) is 11.8 Å². The maximum Gasteiger partial charge on any atom is 0.262 e. The average molecular weight is 365 g/mol. The Morgan fingerprint density at radius 3 is 2.30 bits per heavy atom. The third-order valence-corrected chi connectivity index (χ3v) is 3.88. The van der Waals surface area contributed by atoms with E-state index in [-0.39, 0.29) is 18.3 Å². The first-order valence-corrected chi connectivity index (χ1v) is 8.25. The molecule has 0 radical (unpaired) electrons. The number of ether oxygens (including phenoxy) is 2. The number of rotatable bonds is 7. The molecule has 1 N–H and O–H groups in total. The maximum absolute atomic E-state index is 12.4. The largest absolute Gasteiger partial charge is 0.497 e. The topological polar surface area (TPSA) is 82.4 Å². The van der Waals surface area contributed by atoms with Crippen LogP contribution in [0.15, 0.2) is 60.9 Å². The molecule has 2 aromatic carbocycles. The minimum Gasteiger partial charge on any atom is -0.497 e. The number of hydrogen-bond acceptors (Lipinski definition) is 5. The van der Waals surface area contributed by atoms with Crippen molar-refractivity contribution in [3.05, 3.63) is 72.3 Å². The molecule has 0 aliphatic carbocycles. The van der Waals surface area contributed by atoms with Gasteiger partial charge in [-0.3, -0.25) is 9.59 Å². The zero-order valence-corrected chi connectivity index (χ0v) is 15.0. The number of methoxy groups -OCH3 is 1. The Hall–Kier alpha value is -3.61. The van der Waals surface area contributed by atoms with Gasteiger partial charge in [-0.15, -0.1) is 0 Å². The summed E-state index contributed by atoms with van der Waals surface area (Å²) in [4.78, 5) is 28.4. The van der Waals surface area contributed by atoms with Crippen LogP contribution in [-0.4, -0.2) is 35.0 Å². The molecule has 3 aromatic rings. The first-order chi connectivity index (χ1) is 13.1. The van der Waals surface area contributed by atoms with Crippen LogP contribution in [0.4, 0.5) is 5.69 Å². The second-order valence-electron chi connectivity index (χ2n) is 5.78. The second-order valence-corrected chi connectivity index (χ2v) is 5.78. The van der Waals surface area contributed by atoms with Crippen molar-refractivity contribution >= 4 is 17.4 Å². The van der Waals surface area contributed by atoms with Gasteiger partial charge in [-0.2, -0.15) is 0 Å². The fourth-order valence-electron chi connectivity index (χ4n) is 2.44. The lowest BCUT2D eigenvalue weighted by Crippen LogP contribution is -2.20. The number of anilines is 1. The molecule has 0 saturated carbocycles. The summed E-state index contributed by atoms with van der Waals surface area (Å²) >= 11 is 0. The Bertz CT molecular complexity index is 931. The minimum absolute atomic E-state index is 0.125. The molecule has 0 unspecified atom stereocenters. The maximum atomic E-state index is 12.4. The van der Waals surface area contributed by atoms with Gasteiger partial charge in [0.25, 0.3) is 5.91 Å². The molecule has 138 valence electrons. The standard InChI is InChI=1S/C20H19N3O4/c1-23-12-11-21-20(23)19(25)14-3-5-15(6-4-14)22-18(24)13-27-17-9-7-16(26-2)8-10-17/h3-12H,13H2,1-2H3,(H,22,24). The molecule has 7 nitrogen and oxygen atoms in total. The van der Waals surface area contributed by atoms with Gasteiger partial charge in [-0.05, 0) is 48.5 Å². The zero-order valence-electron chi connectivity index (χ0n) is 15.0. The van der Waals surface area contributed by atoms with E-state index in [4.69, 9.17) is 9.47 Å². The van der Waals surface area contributed by atoms with Crippen molar-refractivity contribution in [2.24, 2.45) is 7.05 Å². The van der Waals surface area contributed by atoms with Crippen LogP contribution in [0.1, 0.15) is 16.2 Å².